The molecule has 1 amide bonds. The molecule has 3 nitrogen and oxygen atoms in total. The molecule has 1 aliphatic rings. The van der Waals surface area contributed by atoms with Crippen LogP contribution in [0.25, 0.3) is 6.08 Å². The van der Waals surface area contributed by atoms with E-state index in [1.54, 1.807) is 36.0 Å². The van der Waals surface area contributed by atoms with E-state index in [0.717, 1.165) is 28.2 Å². The Morgan fingerprint density at radius 3 is 2.66 bits per heavy atom. The highest BCUT2D eigenvalue weighted by molar-refractivity contribution is 8.27. The number of amides is 1. The van der Waals surface area contributed by atoms with Crippen LogP contribution in [0.5, 0.6) is 0 Å². The minimum Gasteiger partial charge on any atom is -0.450 e. The monoisotopic (exact) mass is 461 g/mol. The SMILES string of the molecule is O=C1/C(=C/c2ccc(SCc3ccc(Cl)cc3)o2)SC(=S)N1c1ccccc1F. The van der Waals surface area contributed by atoms with Crippen molar-refractivity contribution in [3.8, 4) is 0 Å². The maximum atomic E-state index is 14.1. The average Bonchev–Trinajstić information content (AvgIpc) is 3.26. The first kappa shape index (κ1) is 20.2. The zero-order chi connectivity index (χ0) is 20.4. The molecular formula is C21H13ClFNO2S3. The van der Waals surface area contributed by atoms with Crippen molar-refractivity contribution in [2.75, 3.05) is 4.90 Å². The van der Waals surface area contributed by atoms with Gasteiger partial charge in [0.15, 0.2) is 9.41 Å². The number of nitrogens with zero attached hydrogens (tertiary/aromatic N) is 1. The third-order valence-corrected chi connectivity index (χ3v) is 6.59. The first-order chi connectivity index (χ1) is 14.0. The zero-order valence-electron chi connectivity index (χ0n) is 14.8. The predicted octanol–water partition coefficient (Wildman–Crippen LogP) is 6.77. The molecule has 0 N–H and O–H groups in total. The Morgan fingerprint density at radius 1 is 1.14 bits per heavy atom. The number of para-hydroxylation sites is 1. The van der Waals surface area contributed by atoms with E-state index in [2.05, 4.69) is 0 Å². The summed E-state index contributed by atoms with van der Waals surface area (Å²) in [4.78, 5) is 14.3. The molecule has 146 valence electrons. The van der Waals surface area contributed by atoms with E-state index in [1.807, 2.05) is 30.3 Å². The highest BCUT2D eigenvalue weighted by Crippen LogP contribution is 2.37. The molecular weight excluding hydrogens is 449 g/mol. The molecule has 4 rings (SSSR count). The number of carbonyl (C=O) groups is 1. The third-order valence-electron chi connectivity index (χ3n) is 4.06. The lowest BCUT2D eigenvalue weighted by molar-refractivity contribution is -0.113. The fraction of sp³-hybridized carbons (Fsp3) is 0.0476. The van der Waals surface area contributed by atoms with Gasteiger partial charge in [-0.1, -0.05) is 71.6 Å². The van der Waals surface area contributed by atoms with Gasteiger partial charge in [-0.3, -0.25) is 9.69 Å². The number of carbonyl (C=O) groups excluding carboxylic acids is 1. The van der Waals surface area contributed by atoms with E-state index in [1.165, 1.54) is 17.0 Å². The van der Waals surface area contributed by atoms with E-state index in [0.29, 0.717) is 15.7 Å². The maximum absolute atomic E-state index is 14.1. The molecule has 8 heteroatoms. The summed E-state index contributed by atoms with van der Waals surface area (Å²) in [5.74, 6) is 0.415. The number of benzene rings is 2. The van der Waals surface area contributed by atoms with Gasteiger partial charge < -0.3 is 4.42 Å². The van der Waals surface area contributed by atoms with Crippen molar-refractivity contribution in [2.24, 2.45) is 0 Å². The smallest absolute Gasteiger partial charge is 0.270 e. The third kappa shape index (κ3) is 4.59. The summed E-state index contributed by atoms with van der Waals surface area (Å²) in [5.41, 5.74) is 1.28. The molecule has 1 fully saturated rings. The molecule has 2 aromatic carbocycles. The van der Waals surface area contributed by atoms with Crippen LogP contribution in [0.4, 0.5) is 10.1 Å². The van der Waals surface area contributed by atoms with E-state index in [9.17, 15) is 9.18 Å². The number of rotatable bonds is 5. The molecule has 0 radical (unpaired) electrons. The van der Waals surface area contributed by atoms with Gasteiger partial charge in [0.05, 0.1) is 10.6 Å². The second kappa shape index (κ2) is 8.75. The summed E-state index contributed by atoms with van der Waals surface area (Å²) in [6, 6.07) is 17.3. The molecule has 0 saturated carbocycles. The number of hydrogen-bond acceptors (Lipinski definition) is 5. The van der Waals surface area contributed by atoms with Crippen molar-refractivity contribution < 1.29 is 13.6 Å². The van der Waals surface area contributed by atoms with Crippen molar-refractivity contribution in [1.29, 1.82) is 0 Å². The van der Waals surface area contributed by atoms with Gasteiger partial charge in [-0.05, 0) is 42.0 Å². The van der Waals surface area contributed by atoms with Crippen LogP contribution in [-0.2, 0) is 10.5 Å². The lowest BCUT2D eigenvalue weighted by atomic mass is 10.2. The Hall–Kier alpha value is -2.06. The van der Waals surface area contributed by atoms with Crippen LogP contribution in [0.2, 0.25) is 5.02 Å². The molecule has 0 atom stereocenters. The van der Waals surface area contributed by atoms with Crippen molar-refractivity contribution in [3.05, 3.63) is 87.7 Å². The van der Waals surface area contributed by atoms with E-state index in [4.69, 9.17) is 28.2 Å². The van der Waals surface area contributed by atoms with Gasteiger partial charge in [0.1, 0.15) is 11.6 Å². The number of halogens is 2. The standard InChI is InChI=1S/C21H13ClFNO2S3/c22-14-7-5-13(6-8-14)12-28-19-10-9-15(26-19)11-18-20(25)24(21(27)29-18)17-4-2-1-3-16(17)23/h1-11H,12H2/b18-11-. The van der Waals surface area contributed by atoms with Gasteiger partial charge in [0.25, 0.3) is 5.91 Å². The number of furan rings is 1. The van der Waals surface area contributed by atoms with Gasteiger partial charge in [-0.15, -0.1) is 0 Å². The normalized spacial score (nSPS) is 15.5. The summed E-state index contributed by atoms with van der Waals surface area (Å²) in [6.45, 7) is 0. The number of anilines is 1. The van der Waals surface area contributed by atoms with E-state index < -0.39 is 5.82 Å². The largest absolute Gasteiger partial charge is 0.450 e. The Labute approximate surface area is 185 Å². The van der Waals surface area contributed by atoms with Gasteiger partial charge in [-0.25, -0.2) is 4.39 Å². The quantitative estimate of drug-likeness (QED) is 0.238. The molecule has 1 saturated heterocycles. The van der Waals surface area contributed by atoms with Crippen LogP contribution in [0.3, 0.4) is 0 Å². The first-order valence-electron chi connectivity index (χ1n) is 8.51. The van der Waals surface area contributed by atoms with Gasteiger partial charge in [0, 0.05) is 16.9 Å². The minimum absolute atomic E-state index is 0.150. The lowest BCUT2D eigenvalue weighted by Gasteiger charge is -2.14. The molecule has 1 aromatic heterocycles. The second-order valence-electron chi connectivity index (χ2n) is 6.04. The molecule has 0 unspecified atom stereocenters. The Balaban J connectivity index is 1.47. The molecule has 0 bridgehead atoms. The second-order valence-corrected chi connectivity index (χ2v) is 9.13. The van der Waals surface area contributed by atoms with Crippen molar-refractivity contribution >= 4 is 69.3 Å². The van der Waals surface area contributed by atoms with E-state index in [-0.39, 0.29) is 15.9 Å². The molecule has 2 heterocycles. The molecule has 1 aliphatic heterocycles. The summed E-state index contributed by atoms with van der Waals surface area (Å²) in [6.07, 6.45) is 1.63. The van der Waals surface area contributed by atoms with Gasteiger partial charge in [-0.2, -0.15) is 0 Å². The number of thiocarbonyl (C=S) groups is 1. The summed E-state index contributed by atoms with van der Waals surface area (Å²) < 4.78 is 20.2. The summed E-state index contributed by atoms with van der Waals surface area (Å²) in [5, 5.41) is 1.43. The Kier molecular flexibility index (Phi) is 6.10. The van der Waals surface area contributed by atoms with Crippen molar-refractivity contribution in [1.82, 2.24) is 0 Å². The zero-order valence-corrected chi connectivity index (χ0v) is 18.0. The van der Waals surface area contributed by atoms with Crippen LogP contribution in [-0.4, -0.2) is 10.2 Å². The van der Waals surface area contributed by atoms with Crippen molar-refractivity contribution in [3.63, 3.8) is 0 Å². The topological polar surface area (TPSA) is 33.5 Å². The molecule has 3 aromatic rings. The van der Waals surface area contributed by atoms with Crippen LogP contribution in [0, 0.1) is 5.82 Å². The van der Waals surface area contributed by atoms with Crippen LogP contribution >= 0.6 is 47.3 Å². The summed E-state index contributed by atoms with van der Waals surface area (Å²) in [7, 11) is 0. The van der Waals surface area contributed by atoms with Crippen LogP contribution in [0.15, 0.2) is 75.1 Å². The lowest BCUT2D eigenvalue weighted by Crippen LogP contribution is -2.28. The summed E-state index contributed by atoms with van der Waals surface area (Å²) >= 11 is 13.8. The van der Waals surface area contributed by atoms with Crippen LogP contribution in [0.1, 0.15) is 11.3 Å². The molecule has 29 heavy (non-hydrogen) atoms. The van der Waals surface area contributed by atoms with E-state index >= 15 is 0 Å². The van der Waals surface area contributed by atoms with Crippen LogP contribution < -0.4 is 4.90 Å². The van der Waals surface area contributed by atoms with Gasteiger partial charge >= 0.3 is 0 Å². The maximum Gasteiger partial charge on any atom is 0.270 e. The predicted molar refractivity (Wildman–Crippen MR) is 122 cm³/mol. The Bertz CT molecular complexity index is 1110. The highest BCUT2D eigenvalue weighted by Gasteiger charge is 2.34. The fourth-order valence-electron chi connectivity index (χ4n) is 2.66. The fourth-order valence-corrected chi connectivity index (χ4v) is 4.87. The van der Waals surface area contributed by atoms with Crippen molar-refractivity contribution in [2.45, 2.75) is 10.8 Å². The average molecular weight is 462 g/mol. The molecule has 0 aliphatic carbocycles. The number of hydrogen-bond donors (Lipinski definition) is 0. The molecule has 0 spiro atoms. The minimum atomic E-state index is -0.496. The first-order valence-corrected chi connectivity index (χ1v) is 11.1. The van der Waals surface area contributed by atoms with Gasteiger partial charge in [0.2, 0.25) is 0 Å². The Morgan fingerprint density at radius 2 is 1.90 bits per heavy atom. The number of thioether (sulfide) groups is 2. The highest BCUT2D eigenvalue weighted by atomic mass is 35.5.